The van der Waals surface area contributed by atoms with Gasteiger partial charge in [0.05, 0.1) is 12.2 Å². The van der Waals surface area contributed by atoms with Crippen molar-refractivity contribution in [2.75, 3.05) is 19.3 Å². The van der Waals surface area contributed by atoms with E-state index >= 15 is 0 Å². The molecule has 7 nitrogen and oxygen atoms in total. The fourth-order valence-corrected chi connectivity index (χ4v) is 4.39. The summed E-state index contributed by atoms with van der Waals surface area (Å²) in [7, 11) is -3.23. The highest BCUT2D eigenvalue weighted by Gasteiger charge is 2.28. The molecule has 0 spiro atoms. The van der Waals surface area contributed by atoms with Crippen LogP contribution < -0.4 is 0 Å². The lowest BCUT2D eigenvalue weighted by Crippen LogP contribution is -2.33. The first-order chi connectivity index (χ1) is 10.0. The Hall–Kier alpha value is -1.32. The summed E-state index contributed by atoms with van der Waals surface area (Å²) in [5, 5.41) is 4.06. The van der Waals surface area contributed by atoms with Crippen LogP contribution >= 0.6 is 11.5 Å². The first-order valence-electron chi connectivity index (χ1n) is 6.77. The molecule has 0 aliphatic carbocycles. The molecule has 0 aromatic carbocycles. The highest BCUT2D eigenvalue weighted by molar-refractivity contribution is 7.92. The molecule has 0 radical (unpaired) electrons. The van der Waals surface area contributed by atoms with Gasteiger partial charge in [-0.15, -0.1) is 5.10 Å². The second kappa shape index (κ2) is 5.82. The van der Waals surface area contributed by atoms with Gasteiger partial charge in [-0.2, -0.15) is 0 Å². The van der Waals surface area contributed by atoms with E-state index in [-0.39, 0.29) is 5.92 Å². The zero-order valence-electron chi connectivity index (χ0n) is 11.7. The minimum atomic E-state index is -3.23. The Morgan fingerprint density at radius 2 is 2.19 bits per heavy atom. The lowest BCUT2D eigenvalue weighted by molar-refractivity contribution is 0.198. The summed E-state index contributed by atoms with van der Waals surface area (Å²) in [5.74, 6) is 1.14. The Kier molecular flexibility index (Phi) is 4.05. The molecular formula is C12H17N5O2S2. The standard InChI is InChI=1S/C12H17N5O2S2/c1-21(18,19)12-11(15-16-20-12)9-2-6-17(7-3-9)8-10-13-4-5-14-10/h4-5,9H,2-3,6-8H2,1H3,(H,13,14). The fraction of sp³-hybridized carbons (Fsp3) is 0.583. The molecule has 1 aliphatic heterocycles. The quantitative estimate of drug-likeness (QED) is 0.902. The number of sulfone groups is 1. The van der Waals surface area contributed by atoms with E-state index in [0.29, 0.717) is 9.90 Å². The van der Waals surface area contributed by atoms with E-state index in [1.54, 1.807) is 6.20 Å². The highest BCUT2D eigenvalue weighted by atomic mass is 32.2. The van der Waals surface area contributed by atoms with Crippen molar-refractivity contribution in [1.29, 1.82) is 0 Å². The zero-order valence-corrected chi connectivity index (χ0v) is 13.3. The third kappa shape index (κ3) is 3.30. The lowest BCUT2D eigenvalue weighted by Gasteiger charge is -2.30. The number of aromatic nitrogens is 4. The molecule has 3 rings (SSSR count). The van der Waals surface area contributed by atoms with E-state index in [1.807, 2.05) is 6.20 Å². The summed E-state index contributed by atoms with van der Waals surface area (Å²) in [5.41, 5.74) is 0.653. The van der Waals surface area contributed by atoms with Gasteiger partial charge in [0.2, 0.25) is 0 Å². The molecule has 0 amide bonds. The number of hydrogen-bond donors (Lipinski definition) is 1. The molecule has 1 N–H and O–H groups in total. The van der Waals surface area contributed by atoms with Gasteiger partial charge < -0.3 is 4.98 Å². The molecular weight excluding hydrogens is 310 g/mol. The monoisotopic (exact) mass is 327 g/mol. The van der Waals surface area contributed by atoms with Gasteiger partial charge in [-0.1, -0.05) is 4.49 Å². The summed E-state index contributed by atoms with van der Waals surface area (Å²) in [6.45, 7) is 2.62. The lowest BCUT2D eigenvalue weighted by atomic mass is 9.94. The summed E-state index contributed by atoms with van der Waals surface area (Å²) in [6.07, 6.45) is 6.59. The van der Waals surface area contributed by atoms with Crippen LogP contribution in [0.2, 0.25) is 0 Å². The Labute approximate surface area is 127 Å². The number of nitrogens with one attached hydrogen (secondary N) is 1. The van der Waals surface area contributed by atoms with Crippen LogP contribution in [0.25, 0.3) is 0 Å². The van der Waals surface area contributed by atoms with Crippen LogP contribution in [0.15, 0.2) is 16.6 Å². The van der Waals surface area contributed by atoms with E-state index in [9.17, 15) is 8.42 Å². The molecule has 0 bridgehead atoms. The summed E-state index contributed by atoms with van der Waals surface area (Å²) in [4.78, 5) is 9.64. The van der Waals surface area contributed by atoms with Gasteiger partial charge in [-0.25, -0.2) is 13.4 Å². The molecule has 114 valence electrons. The maximum Gasteiger partial charge on any atom is 0.188 e. The average Bonchev–Trinajstić information content (AvgIpc) is 3.09. The molecule has 2 aromatic heterocycles. The Balaban J connectivity index is 1.65. The minimum Gasteiger partial charge on any atom is -0.348 e. The highest BCUT2D eigenvalue weighted by Crippen LogP contribution is 2.32. The molecule has 2 aromatic rings. The average molecular weight is 327 g/mol. The van der Waals surface area contributed by atoms with Gasteiger partial charge in [-0.3, -0.25) is 4.90 Å². The van der Waals surface area contributed by atoms with Gasteiger partial charge >= 0.3 is 0 Å². The zero-order chi connectivity index (χ0) is 14.9. The van der Waals surface area contributed by atoms with Crippen LogP contribution in [0.4, 0.5) is 0 Å². The number of likely N-dealkylation sites (tertiary alicyclic amines) is 1. The molecule has 0 atom stereocenters. The second-order valence-electron chi connectivity index (χ2n) is 5.30. The molecule has 21 heavy (non-hydrogen) atoms. The Bertz CT molecular complexity index is 687. The van der Waals surface area contributed by atoms with Gasteiger partial charge in [0.1, 0.15) is 5.82 Å². The molecule has 9 heteroatoms. The number of nitrogens with zero attached hydrogens (tertiary/aromatic N) is 4. The fourth-order valence-electron chi connectivity index (χ4n) is 2.66. The van der Waals surface area contributed by atoms with E-state index < -0.39 is 9.84 Å². The van der Waals surface area contributed by atoms with E-state index in [1.165, 1.54) is 6.26 Å². The molecule has 0 unspecified atom stereocenters. The number of hydrogen-bond acceptors (Lipinski definition) is 7. The number of rotatable bonds is 4. The van der Waals surface area contributed by atoms with Crippen LogP contribution in [0.1, 0.15) is 30.3 Å². The van der Waals surface area contributed by atoms with Crippen LogP contribution in [0, 0.1) is 0 Å². The topological polar surface area (TPSA) is 91.8 Å². The summed E-state index contributed by atoms with van der Waals surface area (Å²) >= 11 is 0.977. The second-order valence-corrected chi connectivity index (χ2v) is 8.27. The van der Waals surface area contributed by atoms with Crippen molar-refractivity contribution in [3.05, 3.63) is 23.9 Å². The van der Waals surface area contributed by atoms with Crippen LogP contribution in [0.3, 0.4) is 0 Å². The molecule has 1 saturated heterocycles. The number of H-pyrrole nitrogens is 1. The van der Waals surface area contributed by atoms with Crippen LogP contribution in [-0.4, -0.2) is 52.2 Å². The first kappa shape index (κ1) is 14.6. The van der Waals surface area contributed by atoms with E-state index in [0.717, 1.165) is 49.8 Å². The first-order valence-corrected chi connectivity index (χ1v) is 9.43. The number of piperidine rings is 1. The predicted molar refractivity (Wildman–Crippen MR) is 78.9 cm³/mol. The van der Waals surface area contributed by atoms with Crippen molar-refractivity contribution in [3.8, 4) is 0 Å². The largest absolute Gasteiger partial charge is 0.348 e. The van der Waals surface area contributed by atoms with Gasteiger partial charge in [0.15, 0.2) is 14.0 Å². The smallest absolute Gasteiger partial charge is 0.188 e. The molecule has 1 fully saturated rings. The molecule has 0 saturated carbocycles. The van der Waals surface area contributed by atoms with Crippen molar-refractivity contribution in [2.45, 2.75) is 29.5 Å². The molecule has 1 aliphatic rings. The Morgan fingerprint density at radius 3 is 2.81 bits per heavy atom. The van der Waals surface area contributed by atoms with Crippen molar-refractivity contribution >= 4 is 21.4 Å². The minimum absolute atomic E-state index is 0.182. The summed E-state index contributed by atoms with van der Waals surface area (Å²) in [6, 6.07) is 0. The number of aromatic amines is 1. The predicted octanol–water partition coefficient (Wildman–Crippen LogP) is 1.04. The maximum atomic E-state index is 11.7. The van der Waals surface area contributed by atoms with Crippen LogP contribution in [0.5, 0.6) is 0 Å². The van der Waals surface area contributed by atoms with Gasteiger partial charge in [0.25, 0.3) is 0 Å². The Morgan fingerprint density at radius 1 is 1.43 bits per heavy atom. The number of imidazole rings is 1. The van der Waals surface area contributed by atoms with Crippen LogP contribution in [-0.2, 0) is 16.4 Å². The maximum absolute atomic E-state index is 11.7. The van der Waals surface area contributed by atoms with Gasteiger partial charge in [-0.05, 0) is 25.9 Å². The van der Waals surface area contributed by atoms with Crippen molar-refractivity contribution in [3.63, 3.8) is 0 Å². The van der Waals surface area contributed by atoms with E-state index in [4.69, 9.17) is 0 Å². The van der Waals surface area contributed by atoms with Gasteiger partial charge in [0, 0.05) is 36.1 Å². The molecule has 3 heterocycles. The third-order valence-electron chi connectivity index (χ3n) is 3.72. The SMILES string of the molecule is CS(=O)(=O)c1snnc1C1CCN(Cc2ncc[nH]2)CC1. The van der Waals surface area contributed by atoms with Crippen molar-refractivity contribution < 1.29 is 8.42 Å². The normalized spacial score (nSPS) is 18.1. The van der Waals surface area contributed by atoms with Crippen molar-refractivity contribution in [1.82, 2.24) is 24.5 Å². The third-order valence-corrected chi connectivity index (χ3v) is 6.27. The van der Waals surface area contributed by atoms with E-state index in [2.05, 4.69) is 24.5 Å². The summed E-state index contributed by atoms with van der Waals surface area (Å²) < 4.78 is 27.6. The van der Waals surface area contributed by atoms with Crippen molar-refractivity contribution in [2.24, 2.45) is 0 Å².